The molecule has 3 nitrogen and oxygen atoms in total. The first-order valence-corrected chi connectivity index (χ1v) is 7.91. The van der Waals surface area contributed by atoms with Crippen LogP contribution in [0.5, 0.6) is 0 Å². The summed E-state index contributed by atoms with van der Waals surface area (Å²) in [5.74, 6) is 0. The van der Waals surface area contributed by atoms with Crippen LogP contribution in [0.1, 0.15) is 38.3 Å². The molecule has 3 heteroatoms. The van der Waals surface area contributed by atoms with Crippen molar-refractivity contribution in [3.05, 3.63) is 35.9 Å². The van der Waals surface area contributed by atoms with E-state index in [-0.39, 0.29) is 0 Å². The topological polar surface area (TPSA) is 24.5 Å². The fraction of sp³-hybridized carbons (Fsp3) is 0.647. The number of nitrogens with one attached hydrogen (secondary N) is 1. The number of hydrogen-bond donors (Lipinski definition) is 1. The van der Waals surface area contributed by atoms with Gasteiger partial charge in [-0.1, -0.05) is 37.3 Å². The molecule has 1 heterocycles. The molecule has 0 radical (unpaired) electrons. The predicted octanol–water partition coefficient (Wildman–Crippen LogP) is 2.84. The number of nitrogens with zero attached hydrogens (tertiary/aromatic N) is 1. The second kappa shape index (κ2) is 8.40. The van der Waals surface area contributed by atoms with Crippen molar-refractivity contribution in [2.75, 3.05) is 32.8 Å². The number of rotatable bonds is 7. The van der Waals surface area contributed by atoms with Crippen LogP contribution in [-0.2, 0) is 4.74 Å². The summed E-state index contributed by atoms with van der Waals surface area (Å²) in [5.41, 5.74) is 1.40. The molecule has 0 aliphatic carbocycles. The number of morpholine rings is 1. The Morgan fingerprint density at radius 3 is 2.85 bits per heavy atom. The van der Waals surface area contributed by atoms with Gasteiger partial charge in [-0.05, 0) is 31.9 Å². The van der Waals surface area contributed by atoms with Crippen molar-refractivity contribution in [1.29, 1.82) is 0 Å². The third-order valence-corrected chi connectivity index (χ3v) is 4.05. The normalized spacial score (nSPS) is 21.8. The maximum absolute atomic E-state index is 5.51. The summed E-state index contributed by atoms with van der Waals surface area (Å²) in [6.07, 6.45) is 2.34. The van der Waals surface area contributed by atoms with E-state index < -0.39 is 0 Å². The van der Waals surface area contributed by atoms with Crippen molar-refractivity contribution in [1.82, 2.24) is 10.2 Å². The van der Waals surface area contributed by atoms with E-state index >= 15 is 0 Å². The summed E-state index contributed by atoms with van der Waals surface area (Å²) >= 11 is 0. The number of ether oxygens (including phenoxy) is 1. The van der Waals surface area contributed by atoms with E-state index in [1.165, 1.54) is 12.0 Å². The fourth-order valence-corrected chi connectivity index (χ4v) is 2.78. The van der Waals surface area contributed by atoms with Crippen LogP contribution in [0.15, 0.2) is 30.3 Å². The Hall–Kier alpha value is -0.900. The highest BCUT2D eigenvalue weighted by Gasteiger charge is 2.20. The second-order valence-corrected chi connectivity index (χ2v) is 5.67. The molecule has 0 spiro atoms. The molecule has 1 aliphatic heterocycles. The lowest BCUT2D eigenvalue weighted by atomic mass is 10.0. The molecule has 1 saturated heterocycles. The van der Waals surface area contributed by atoms with Gasteiger partial charge >= 0.3 is 0 Å². The fourth-order valence-electron chi connectivity index (χ4n) is 2.78. The smallest absolute Gasteiger partial charge is 0.0619 e. The summed E-state index contributed by atoms with van der Waals surface area (Å²) in [6, 6.07) is 11.8. The van der Waals surface area contributed by atoms with Crippen LogP contribution in [0.3, 0.4) is 0 Å². The Bertz CT molecular complexity index is 369. The van der Waals surface area contributed by atoms with Gasteiger partial charge in [0.2, 0.25) is 0 Å². The number of benzene rings is 1. The van der Waals surface area contributed by atoms with Crippen molar-refractivity contribution in [2.24, 2.45) is 0 Å². The van der Waals surface area contributed by atoms with Gasteiger partial charge in [0, 0.05) is 25.2 Å². The minimum absolute atomic E-state index is 0.464. The summed E-state index contributed by atoms with van der Waals surface area (Å²) in [5, 5.41) is 3.68. The Morgan fingerprint density at radius 1 is 1.35 bits per heavy atom. The Morgan fingerprint density at radius 2 is 2.15 bits per heavy atom. The van der Waals surface area contributed by atoms with Crippen molar-refractivity contribution in [3.8, 4) is 0 Å². The van der Waals surface area contributed by atoms with Gasteiger partial charge in [0.25, 0.3) is 0 Å². The number of hydrogen-bond acceptors (Lipinski definition) is 3. The largest absolute Gasteiger partial charge is 0.379 e. The molecule has 1 aromatic carbocycles. The van der Waals surface area contributed by atoms with Crippen molar-refractivity contribution >= 4 is 0 Å². The molecule has 1 N–H and O–H groups in total. The van der Waals surface area contributed by atoms with E-state index in [0.717, 1.165) is 39.3 Å². The molecule has 1 aliphatic rings. The molecule has 0 aromatic heterocycles. The standard InChI is InChI=1S/C17H28N2O/c1-3-10-18-17(16-7-5-4-6-8-16)9-11-19-12-13-20-14-15(19)2/h4-8,15,17-18H,3,9-14H2,1-2H3. The predicted molar refractivity (Wildman–Crippen MR) is 83.9 cm³/mol. The first-order valence-electron chi connectivity index (χ1n) is 7.91. The third kappa shape index (κ3) is 4.58. The van der Waals surface area contributed by atoms with Crippen LogP contribution in [0, 0.1) is 0 Å². The highest BCUT2D eigenvalue weighted by Crippen LogP contribution is 2.18. The first-order chi connectivity index (χ1) is 9.81. The lowest BCUT2D eigenvalue weighted by molar-refractivity contribution is -0.00182. The summed E-state index contributed by atoms with van der Waals surface area (Å²) in [4.78, 5) is 2.55. The Kier molecular flexibility index (Phi) is 6.51. The van der Waals surface area contributed by atoms with E-state index in [9.17, 15) is 0 Å². The van der Waals surface area contributed by atoms with E-state index in [1.807, 2.05) is 0 Å². The minimum atomic E-state index is 0.464. The molecule has 0 amide bonds. The first kappa shape index (κ1) is 15.5. The van der Waals surface area contributed by atoms with Crippen molar-refractivity contribution in [3.63, 3.8) is 0 Å². The van der Waals surface area contributed by atoms with Gasteiger partial charge in [-0.15, -0.1) is 0 Å². The van der Waals surface area contributed by atoms with Gasteiger partial charge in [-0.25, -0.2) is 0 Å². The van der Waals surface area contributed by atoms with Crippen LogP contribution >= 0.6 is 0 Å². The molecule has 1 aromatic rings. The van der Waals surface area contributed by atoms with Crippen molar-refractivity contribution in [2.45, 2.75) is 38.8 Å². The van der Waals surface area contributed by atoms with Crippen LogP contribution in [0.25, 0.3) is 0 Å². The molecular weight excluding hydrogens is 248 g/mol. The van der Waals surface area contributed by atoms with Gasteiger partial charge in [0.1, 0.15) is 0 Å². The maximum atomic E-state index is 5.51. The second-order valence-electron chi connectivity index (χ2n) is 5.67. The Balaban J connectivity index is 1.90. The molecule has 20 heavy (non-hydrogen) atoms. The molecular formula is C17H28N2O. The van der Waals surface area contributed by atoms with Gasteiger partial charge in [0.05, 0.1) is 13.2 Å². The molecule has 2 atom stereocenters. The zero-order chi connectivity index (χ0) is 14.2. The monoisotopic (exact) mass is 276 g/mol. The van der Waals surface area contributed by atoms with Crippen LogP contribution in [-0.4, -0.2) is 43.8 Å². The van der Waals surface area contributed by atoms with Crippen molar-refractivity contribution < 1.29 is 4.74 Å². The highest BCUT2D eigenvalue weighted by molar-refractivity contribution is 5.18. The van der Waals surface area contributed by atoms with Gasteiger partial charge in [-0.2, -0.15) is 0 Å². The summed E-state index contributed by atoms with van der Waals surface area (Å²) < 4.78 is 5.51. The van der Waals surface area contributed by atoms with Gasteiger partial charge in [0.15, 0.2) is 0 Å². The highest BCUT2D eigenvalue weighted by atomic mass is 16.5. The zero-order valence-electron chi connectivity index (χ0n) is 12.8. The van der Waals surface area contributed by atoms with Crippen LogP contribution in [0.2, 0.25) is 0 Å². The van der Waals surface area contributed by atoms with E-state index in [4.69, 9.17) is 4.74 Å². The summed E-state index contributed by atoms with van der Waals surface area (Å²) in [7, 11) is 0. The van der Waals surface area contributed by atoms with Gasteiger partial charge in [-0.3, -0.25) is 4.90 Å². The van der Waals surface area contributed by atoms with E-state index in [1.54, 1.807) is 0 Å². The molecule has 112 valence electrons. The van der Waals surface area contributed by atoms with Gasteiger partial charge < -0.3 is 10.1 Å². The third-order valence-electron chi connectivity index (χ3n) is 4.05. The Labute approximate surface area is 123 Å². The lowest BCUT2D eigenvalue weighted by Crippen LogP contribution is -2.44. The molecule has 0 saturated carbocycles. The van der Waals surface area contributed by atoms with E-state index in [2.05, 4.69) is 54.4 Å². The average Bonchev–Trinajstić information content (AvgIpc) is 2.50. The lowest BCUT2D eigenvalue weighted by Gasteiger charge is -2.34. The molecule has 2 rings (SSSR count). The zero-order valence-corrected chi connectivity index (χ0v) is 12.8. The quantitative estimate of drug-likeness (QED) is 0.829. The summed E-state index contributed by atoms with van der Waals surface area (Å²) in [6.45, 7) is 9.52. The van der Waals surface area contributed by atoms with Crippen LogP contribution < -0.4 is 5.32 Å². The van der Waals surface area contributed by atoms with Crippen LogP contribution in [0.4, 0.5) is 0 Å². The SMILES string of the molecule is CCCNC(CCN1CCOCC1C)c1ccccc1. The maximum Gasteiger partial charge on any atom is 0.0619 e. The van der Waals surface area contributed by atoms with E-state index in [0.29, 0.717) is 12.1 Å². The molecule has 2 unspecified atom stereocenters. The molecule has 0 bridgehead atoms. The minimum Gasteiger partial charge on any atom is -0.379 e. The average molecular weight is 276 g/mol. The molecule has 1 fully saturated rings.